The Labute approximate surface area is 97.1 Å². The van der Waals surface area contributed by atoms with E-state index in [0.29, 0.717) is 12.5 Å². The van der Waals surface area contributed by atoms with E-state index in [2.05, 4.69) is 4.90 Å². The minimum absolute atomic E-state index is 0.0463. The Hall–Kier alpha value is -0.570. The van der Waals surface area contributed by atoms with Crippen molar-refractivity contribution in [2.24, 2.45) is 11.8 Å². The van der Waals surface area contributed by atoms with E-state index in [1.54, 1.807) is 0 Å². The third-order valence-corrected chi connectivity index (χ3v) is 3.98. The summed E-state index contributed by atoms with van der Waals surface area (Å²) in [5.74, 6) is 1.60. The van der Waals surface area contributed by atoms with E-state index in [9.17, 15) is 4.79 Å². The molecule has 16 heavy (non-hydrogen) atoms. The molecule has 2 saturated carbocycles. The molecule has 0 radical (unpaired) electrons. The Balaban J connectivity index is 1.47. The van der Waals surface area contributed by atoms with Crippen LogP contribution in [0.1, 0.15) is 38.5 Å². The van der Waals surface area contributed by atoms with Crippen LogP contribution in [-0.2, 0) is 9.53 Å². The summed E-state index contributed by atoms with van der Waals surface area (Å²) < 4.78 is 5.40. The number of hydrogen-bond acceptors (Lipinski definition) is 3. The van der Waals surface area contributed by atoms with E-state index < -0.39 is 0 Å². The fourth-order valence-corrected chi connectivity index (χ4v) is 2.52. The predicted octanol–water partition coefficient (Wildman–Crippen LogP) is 1.81. The summed E-state index contributed by atoms with van der Waals surface area (Å²) in [5, 5.41) is 0. The van der Waals surface area contributed by atoms with E-state index in [-0.39, 0.29) is 12.0 Å². The van der Waals surface area contributed by atoms with E-state index in [0.717, 1.165) is 31.8 Å². The molecule has 0 amide bonds. The second-order valence-corrected chi connectivity index (χ2v) is 5.67. The molecule has 1 atom stereocenters. The summed E-state index contributed by atoms with van der Waals surface area (Å²) in [6.45, 7) is 2.90. The third kappa shape index (κ3) is 2.57. The number of nitrogens with zero attached hydrogens (tertiary/aromatic N) is 1. The summed E-state index contributed by atoms with van der Waals surface area (Å²) in [7, 11) is 0. The van der Waals surface area contributed by atoms with E-state index in [1.807, 2.05) is 0 Å². The molecule has 0 aromatic rings. The SMILES string of the molecule is O=C(OCC1CC1)C1CCCN1CC1CC1. The molecule has 3 aliphatic rings. The standard InChI is InChI=1S/C13H21NO2/c15-13(16-9-11-5-6-11)12-2-1-7-14(12)8-10-3-4-10/h10-12H,1-9H2. The lowest BCUT2D eigenvalue weighted by Crippen LogP contribution is -2.38. The first kappa shape index (κ1) is 10.6. The maximum absolute atomic E-state index is 11.9. The fraction of sp³-hybridized carbons (Fsp3) is 0.923. The van der Waals surface area contributed by atoms with Crippen LogP contribution >= 0.6 is 0 Å². The third-order valence-electron chi connectivity index (χ3n) is 3.98. The molecule has 2 aliphatic carbocycles. The number of ether oxygens (including phenoxy) is 1. The Morgan fingerprint density at radius 2 is 1.88 bits per heavy atom. The van der Waals surface area contributed by atoms with Crippen molar-refractivity contribution in [2.75, 3.05) is 19.7 Å². The summed E-state index contributed by atoms with van der Waals surface area (Å²) in [6.07, 6.45) is 7.40. The van der Waals surface area contributed by atoms with Crippen molar-refractivity contribution >= 4 is 5.97 Å². The molecule has 0 N–H and O–H groups in total. The van der Waals surface area contributed by atoms with Gasteiger partial charge in [0.2, 0.25) is 0 Å². The summed E-state index contributed by atoms with van der Waals surface area (Å²) in [4.78, 5) is 14.3. The fourth-order valence-electron chi connectivity index (χ4n) is 2.52. The molecule has 1 heterocycles. The zero-order valence-corrected chi connectivity index (χ0v) is 9.86. The monoisotopic (exact) mass is 223 g/mol. The lowest BCUT2D eigenvalue weighted by molar-refractivity contribution is -0.149. The Bertz CT molecular complexity index is 271. The van der Waals surface area contributed by atoms with Gasteiger partial charge < -0.3 is 4.74 Å². The zero-order chi connectivity index (χ0) is 11.0. The Kier molecular flexibility index (Phi) is 2.88. The minimum Gasteiger partial charge on any atom is -0.464 e. The molecular formula is C13H21NO2. The van der Waals surface area contributed by atoms with Crippen molar-refractivity contribution in [2.45, 2.75) is 44.6 Å². The van der Waals surface area contributed by atoms with Gasteiger partial charge in [0, 0.05) is 6.54 Å². The van der Waals surface area contributed by atoms with Crippen LogP contribution in [0.15, 0.2) is 0 Å². The molecule has 0 bridgehead atoms. The second kappa shape index (κ2) is 4.36. The highest BCUT2D eigenvalue weighted by atomic mass is 16.5. The molecule has 3 fully saturated rings. The highest BCUT2D eigenvalue weighted by Gasteiger charge is 2.36. The van der Waals surface area contributed by atoms with Crippen LogP contribution in [0, 0.1) is 11.8 Å². The van der Waals surface area contributed by atoms with Crippen LogP contribution in [0.2, 0.25) is 0 Å². The van der Waals surface area contributed by atoms with Gasteiger partial charge in [-0.15, -0.1) is 0 Å². The number of rotatable bonds is 5. The first-order chi connectivity index (χ1) is 7.83. The molecule has 1 unspecified atom stereocenters. The van der Waals surface area contributed by atoms with Gasteiger partial charge in [-0.1, -0.05) is 0 Å². The van der Waals surface area contributed by atoms with Gasteiger partial charge in [-0.05, 0) is 56.9 Å². The van der Waals surface area contributed by atoms with Crippen LogP contribution in [0.5, 0.6) is 0 Å². The van der Waals surface area contributed by atoms with Gasteiger partial charge in [0.05, 0.1) is 6.61 Å². The number of carbonyl (C=O) groups excluding carboxylic acids is 1. The van der Waals surface area contributed by atoms with Crippen molar-refractivity contribution in [3.63, 3.8) is 0 Å². The number of likely N-dealkylation sites (tertiary alicyclic amines) is 1. The molecule has 3 rings (SSSR count). The highest BCUT2D eigenvalue weighted by molar-refractivity contribution is 5.76. The summed E-state index contributed by atoms with van der Waals surface area (Å²) >= 11 is 0. The van der Waals surface area contributed by atoms with Gasteiger partial charge in [0.15, 0.2) is 0 Å². The molecule has 3 nitrogen and oxygen atoms in total. The predicted molar refractivity (Wildman–Crippen MR) is 61.0 cm³/mol. The first-order valence-corrected chi connectivity index (χ1v) is 6.73. The zero-order valence-electron chi connectivity index (χ0n) is 9.86. The molecule has 0 aromatic carbocycles. The van der Waals surface area contributed by atoms with Gasteiger partial charge in [-0.25, -0.2) is 0 Å². The normalized spacial score (nSPS) is 30.6. The molecular weight excluding hydrogens is 202 g/mol. The number of carbonyl (C=O) groups is 1. The van der Waals surface area contributed by atoms with Crippen LogP contribution < -0.4 is 0 Å². The van der Waals surface area contributed by atoms with Crippen molar-refractivity contribution in [3.05, 3.63) is 0 Å². The molecule has 1 aliphatic heterocycles. The smallest absolute Gasteiger partial charge is 0.323 e. The minimum atomic E-state index is 0.0463. The van der Waals surface area contributed by atoms with E-state index in [1.165, 1.54) is 25.7 Å². The van der Waals surface area contributed by atoms with E-state index in [4.69, 9.17) is 4.74 Å². The molecule has 0 spiro atoms. The lowest BCUT2D eigenvalue weighted by atomic mass is 10.2. The Morgan fingerprint density at radius 3 is 2.56 bits per heavy atom. The average Bonchev–Trinajstić information content (AvgIpc) is 3.16. The van der Waals surface area contributed by atoms with Crippen molar-refractivity contribution < 1.29 is 9.53 Å². The van der Waals surface area contributed by atoms with Crippen LogP contribution in [0.3, 0.4) is 0 Å². The van der Waals surface area contributed by atoms with Crippen molar-refractivity contribution in [3.8, 4) is 0 Å². The van der Waals surface area contributed by atoms with Crippen LogP contribution in [0.25, 0.3) is 0 Å². The summed E-state index contributed by atoms with van der Waals surface area (Å²) in [5.41, 5.74) is 0. The largest absolute Gasteiger partial charge is 0.464 e. The maximum atomic E-state index is 11.9. The molecule has 3 heteroatoms. The quantitative estimate of drug-likeness (QED) is 0.666. The van der Waals surface area contributed by atoms with Crippen molar-refractivity contribution in [1.82, 2.24) is 4.90 Å². The van der Waals surface area contributed by atoms with E-state index >= 15 is 0 Å². The first-order valence-electron chi connectivity index (χ1n) is 6.73. The van der Waals surface area contributed by atoms with Gasteiger partial charge in [-0.3, -0.25) is 9.69 Å². The second-order valence-electron chi connectivity index (χ2n) is 5.67. The topological polar surface area (TPSA) is 29.5 Å². The Morgan fingerprint density at radius 1 is 1.12 bits per heavy atom. The summed E-state index contributed by atoms with van der Waals surface area (Å²) in [6, 6.07) is 0.0827. The van der Waals surface area contributed by atoms with Crippen molar-refractivity contribution in [1.29, 1.82) is 0 Å². The average molecular weight is 223 g/mol. The molecule has 0 aromatic heterocycles. The van der Waals surface area contributed by atoms with Gasteiger partial charge in [0.1, 0.15) is 6.04 Å². The van der Waals surface area contributed by atoms with Crippen LogP contribution in [-0.4, -0.2) is 36.6 Å². The molecule has 90 valence electrons. The molecule has 1 saturated heterocycles. The van der Waals surface area contributed by atoms with Gasteiger partial charge >= 0.3 is 5.97 Å². The number of esters is 1. The maximum Gasteiger partial charge on any atom is 0.323 e. The number of hydrogen-bond donors (Lipinski definition) is 0. The van der Waals surface area contributed by atoms with Gasteiger partial charge in [0.25, 0.3) is 0 Å². The van der Waals surface area contributed by atoms with Gasteiger partial charge in [-0.2, -0.15) is 0 Å². The lowest BCUT2D eigenvalue weighted by Gasteiger charge is -2.22. The highest BCUT2D eigenvalue weighted by Crippen LogP contribution is 2.33. The van der Waals surface area contributed by atoms with Crippen LogP contribution in [0.4, 0.5) is 0 Å².